The Morgan fingerprint density at radius 1 is 0.562 bits per heavy atom. The van der Waals surface area contributed by atoms with Gasteiger partial charge in [0.2, 0.25) is 0 Å². The Labute approximate surface area is 95.2 Å². The maximum atomic E-state index is 2.38. The third-order valence-corrected chi connectivity index (χ3v) is 7.26. The molecule has 0 spiro atoms. The fraction of sp³-hybridized carbons (Fsp3) is 0. The molecule has 0 aromatic carbocycles. The van der Waals surface area contributed by atoms with E-state index in [4.69, 9.17) is 0 Å². The molecule has 0 saturated heterocycles. The van der Waals surface area contributed by atoms with Gasteiger partial charge in [-0.25, -0.2) is 0 Å². The van der Waals surface area contributed by atoms with Gasteiger partial charge < -0.3 is 0 Å². The maximum Gasteiger partial charge on any atom is 0.0172 e. The Bertz CT molecular complexity index is 715. The molecule has 0 aliphatic carbocycles. The number of hydrogen-bond acceptors (Lipinski definition) is 0. The van der Waals surface area contributed by atoms with Crippen LogP contribution in [0.25, 0.3) is 10.8 Å². The van der Waals surface area contributed by atoms with Gasteiger partial charge >= 0.3 is 0 Å². The lowest BCUT2D eigenvalue weighted by atomic mass is 10.3. The third-order valence-electron chi connectivity index (χ3n) is 3.16. The molecular weight excluding hydrogens is 230 g/mol. The second-order valence-corrected chi connectivity index (χ2v) is 7.79. The highest BCUT2D eigenvalue weighted by Gasteiger charge is 2.02. The number of rotatable bonds is 0. The molecule has 2 aliphatic rings. The van der Waals surface area contributed by atoms with Crippen LogP contribution >= 0.6 is 14.7 Å². The molecule has 2 atom stereocenters. The van der Waals surface area contributed by atoms with Gasteiger partial charge in [0, 0.05) is 9.90 Å². The fourth-order valence-electron chi connectivity index (χ4n) is 2.44. The fourth-order valence-corrected chi connectivity index (χ4v) is 6.76. The smallest absolute Gasteiger partial charge is 0.0172 e. The van der Waals surface area contributed by atoms with Crippen molar-refractivity contribution in [1.29, 1.82) is 0 Å². The molecule has 0 saturated carbocycles. The third kappa shape index (κ3) is 1.07. The molecule has 4 heterocycles. The van der Waals surface area contributed by atoms with Crippen LogP contribution in [0.1, 0.15) is 0 Å². The van der Waals surface area contributed by atoms with Crippen LogP contribution in [-0.4, -0.2) is 0 Å². The molecule has 2 unspecified atom stereocenters. The van der Waals surface area contributed by atoms with Gasteiger partial charge in [-0.1, -0.05) is 38.9 Å². The minimum Gasteiger partial charge on any atom is -0.0918 e. The molecule has 2 aromatic rings. The summed E-state index contributed by atoms with van der Waals surface area (Å²) in [6.07, 6.45) is 0. The Kier molecular flexibility index (Phi) is 1.74. The van der Waals surface area contributed by atoms with E-state index in [0.717, 1.165) is 0 Å². The summed E-state index contributed by atoms with van der Waals surface area (Å²) in [6, 6.07) is 13.5. The molecule has 16 heavy (non-hydrogen) atoms. The zero-order chi connectivity index (χ0) is 10.5. The average molecular weight is 240 g/mol. The van der Waals surface area contributed by atoms with E-state index in [1.807, 2.05) is 0 Å². The summed E-state index contributed by atoms with van der Waals surface area (Å²) in [5.41, 5.74) is 0. The van der Waals surface area contributed by atoms with Crippen molar-refractivity contribution in [2.24, 2.45) is 0 Å². The summed E-state index contributed by atoms with van der Waals surface area (Å²) in [5, 5.41) is 2.88. The van der Waals surface area contributed by atoms with E-state index >= 15 is 0 Å². The monoisotopic (exact) mass is 240 g/mol. The van der Waals surface area contributed by atoms with E-state index in [-0.39, 0.29) is 14.7 Å². The maximum absolute atomic E-state index is 2.38. The van der Waals surface area contributed by atoms with Crippen LogP contribution in [0.4, 0.5) is 0 Å². The number of hydrogen-bond donors (Lipinski definition) is 0. The molecule has 0 N–H and O–H groups in total. The molecule has 0 fully saturated rings. The predicted octanol–water partition coefficient (Wildman–Crippen LogP) is 5.29. The molecule has 2 aromatic heterocycles. The summed E-state index contributed by atoms with van der Waals surface area (Å²) in [5.74, 6) is 9.49. The van der Waals surface area contributed by atoms with Crippen molar-refractivity contribution in [1.82, 2.24) is 0 Å². The van der Waals surface area contributed by atoms with Crippen LogP contribution in [0, 0.1) is 9.90 Å². The van der Waals surface area contributed by atoms with Crippen LogP contribution in [0.15, 0.2) is 59.6 Å². The first-order valence-corrected chi connectivity index (χ1v) is 8.34. The summed E-state index contributed by atoms with van der Waals surface area (Å²) < 4.78 is 0. The lowest BCUT2D eigenvalue weighted by molar-refractivity contribution is 1.74. The van der Waals surface area contributed by atoms with Crippen LogP contribution in [0.3, 0.4) is 0 Å². The van der Waals surface area contributed by atoms with Gasteiger partial charge in [-0.05, 0) is 46.1 Å². The van der Waals surface area contributed by atoms with E-state index in [2.05, 4.69) is 59.6 Å². The Balaban J connectivity index is 2.61. The minimum atomic E-state index is -0.164. The average Bonchev–Trinajstić information content (AvgIpc) is 2.36. The van der Waals surface area contributed by atoms with Crippen LogP contribution in [0.2, 0.25) is 0 Å². The van der Waals surface area contributed by atoms with Gasteiger partial charge in [-0.2, -0.15) is 0 Å². The first kappa shape index (κ1) is 8.88. The highest BCUT2D eigenvalue weighted by Crippen LogP contribution is 2.38. The van der Waals surface area contributed by atoms with Crippen molar-refractivity contribution in [2.75, 3.05) is 0 Å². The summed E-state index contributed by atoms with van der Waals surface area (Å²) >= 11 is 0. The zero-order valence-electron chi connectivity index (χ0n) is 8.67. The standard InChI is InChI=1S/C14H10P2/c1-3-11-5-10-16-8-2-4-12-6-9-15(7-1)13(11)14(12)16/h1-10H. The minimum absolute atomic E-state index is 0.164. The second kappa shape index (κ2) is 3.14. The molecule has 2 heteroatoms. The van der Waals surface area contributed by atoms with E-state index in [1.165, 1.54) is 10.8 Å². The van der Waals surface area contributed by atoms with E-state index < -0.39 is 0 Å². The van der Waals surface area contributed by atoms with Gasteiger partial charge in [-0.15, -0.1) is 0 Å². The van der Waals surface area contributed by atoms with Gasteiger partial charge in [0.15, 0.2) is 0 Å². The van der Waals surface area contributed by atoms with Crippen LogP contribution in [0.5, 0.6) is 0 Å². The van der Waals surface area contributed by atoms with E-state index in [9.17, 15) is 0 Å². The van der Waals surface area contributed by atoms with Crippen LogP contribution in [-0.2, 0) is 0 Å². The molecule has 2 aliphatic heterocycles. The van der Waals surface area contributed by atoms with Crippen molar-refractivity contribution >= 4 is 25.5 Å². The lowest BCUT2D eigenvalue weighted by Gasteiger charge is -2.06. The Hall–Kier alpha value is -1.22. The summed E-state index contributed by atoms with van der Waals surface area (Å²) in [7, 11) is -0.328. The second-order valence-electron chi connectivity index (χ2n) is 4.07. The predicted molar refractivity (Wildman–Crippen MR) is 73.1 cm³/mol. The molecule has 0 nitrogen and oxygen atoms in total. The van der Waals surface area contributed by atoms with Gasteiger partial charge in [0.1, 0.15) is 0 Å². The molecule has 0 bridgehead atoms. The largest absolute Gasteiger partial charge is 0.0918 e. The zero-order valence-corrected chi connectivity index (χ0v) is 10.5. The van der Waals surface area contributed by atoms with Gasteiger partial charge in [-0.3, -0.25) is 0 Å². The normalized spacial score (nSPS) is 14.0. The van der Waals surface area contributed by atoms with E-state index in [0.29, 0.717) is 0 Å². The Morgan fingerprint density at radius 3 is 1.56 bits per heavy atom. The van der Waals surface area contributed by atoms with Crippen molar-refractivity contribution in [3.63, 3.8) is 0 Å². The van der Waals surface area contributed by atoms with Gasteiger partial charge in [0.05, 0.1) is 0 Å². The SMILES string of the molecule is c1cc2ccp3cccc4ccp(c1)c2=c43. The lowest BCUT2D eigenvalue weighted by Crippen LogP contribution is -1.77. The molecule has 0 amide bonds. The van der Waals surface area contributed by atoms with Crippen molar-refractivity contribution in [3.05, 3.63) is 69.5 Å². The highest BCUT2D eigenvalue weighted by atomic mass is 31.1. The van der Waals surface area contributed by atoms with Crippen LogP contribution < -0.4 is 0 Å². The first-order chi connectivity index (χ1) is 7.93. The molecular formula is C14H10P2. The Morgan fingerprint density at radius 2 is 1.06 bits per heavy atom. The van der Waals surface area contributed by atoms with Crippen molar-refractivity contribution in [2.45, 2.75) is 0 Å². The van der Waals surface area contributed by atoms with Gasteiger partial charge in [0.25, 0.3) is 0 Å². The highest BCUT2D eigenvalue weighted by molar-refractivity contribution is 7.47. The molecule has 4 rings (SSSR count). The topological polar surface area (TPSA) is 0 Å². The quantitative estimate of drug-likeness (QED) is 0.392. The van der Waals surface area contributed by atoms with Crippen molar-refractivity contribution in [3.8, 4) is 0 Å². The van der Waals surface area contributed by atoms with Crippen molar-refractivity contribution < 1.29 is 0 Å². The van der Waals surface area contributed by atoms with E-state index in [1.54, 1.807) is 9.90 Å². The summed E-state index contributed by atoms with van der Waals surface area (Å²) in [4.78, 5) is 3.23. The summed E-state index contributed by atoms with van der Waals surface area (Å²) in [6.45, 7) is 0. The molecule has 76 valence electrons. The first-order valence-electron chi connectivity index (χ1n) is 5.38. The molecule has 0 radical (unpaired) electrons.